The van der Waals surface area contributed by atoms with Gasteiger partial charge in [-0.1, -0.05) is 26.7 Å². The first-order valence-electron chi connectivity index (χ1n) is 8.50. The molecular formula is C17H29IN6O. The second-order valence-electron chi connectivity index (χ2n) is 6.38. The van der Waals surface area contributed by atoms with Gasteiger partial charge in [-0.3, -0.25) is 10.1 Å². The molecule has 0 radical (unpaired) electrons. The summed E-state index contributed by atoms with van der Waals surface area (Å²) in [5.74, 6) is 3.46. The van der Waals surface area contributed by atoms with Crippen molar-refractivity contribution in [1.29, 1.82) is 0 Å². The minimum absolute atomic E-state index is 0. The molecule has 7 nitrogen and oxygen atoms in total. The summed E-state index contributed by atoms with van der Waals surface area (Å²) in [6.07, 6.45) is 5.21. The Bertz CT molecular complexity index is 623. The zero-order valence-electron chi connectivity index (χ0n) is 15.4. The summed E-state index contributed by atoms with van der Waals surface area (Å²) in [4.78, 5) is 8.66. The Morgan fingerprint density at radius 3 is 2.76 bits per heavy atom. The molecule has 0 saturated heterocycles. The SMILES string of the molecule is CN=C(NCc1nc(-c2ccco2)n[nH]1)NC(C)CCCC(C)C.I. The molecule has 0 aliphatic carbocycles. The number of hydrogen-bond donors (Lipinski definition) is 3. The lowest BCUT2D eigenvalue weighted by molar-refractivity contribution is 0.491. The summed E-state index contributed by atoms with van der Waals surface area (Å²) < 4.78 is 5.29. The molecule has 2 rings (SSSR count). The van der Waals surface area contributed by atoms with Crippen LogP contribution in [0, 0.1) is 5.92 Å². The highest BCUT2D eigenvalue weighted by atomic mass is 127. The number of aromatic amines is 1. The van der Waals surface area contributed by atoms with Gasteiger partial charge in [0.25, 0.3) is 0 Å². The number of aromatic nitrogens is 3. The highest BCUT2D eigenvalue weighted by molar-refractivity contribution is 14.0. The smallest absolute Gasteiger partial charge is 0.216 e. The fraction of sp³-hybridized carbons (Fsp3) is 0.588. The number of halogens is 1. The van der Waals surface area contributed by atoms with Crippen molar-refractivity contribution in [3.63, 3.8) is 0 Å². The highest BCUT2D eigenvalue weighted by Crippen LogP contribution is 2.14. The summed E-state index contributed by atoms with van der Waals surface area (Å²) in [6, 6.07) is 4.03. The quantitative estimate of drug-likeness (QED) is 0.318. The topological polar surface area (TPSA) is 91.1 Å². The van der Waals surface area contributed by atoms with Crippen LogP contribution >= 0.6 is 24.0 Å². The van der Waals surface area contributed by atoms with Crippen molar-refractivity contribution in [3.05, 3.63) is 24.2 Å². The fourth-order valence-electron chi connectivity index (χ4n) is 2.39. The molecule has 0 amide bonds. The van der Waals surface area contributed by atoms with Gasteiger partial charge in [0.1, 0.15) is 5.82 Å². The Hall–Kier alpha value is -1.58. The summed E-state index contributed by atoms with van der Waals surface area (Å²) in [5.41, 5.74) is 0. The van der Waals surface area contributed by atoms with Gasteiger partial charge in [-0.25, -0.2) is 4.98 Å². The Kier molecular flexibility index (Phi) is 9.54. The maximum atomic E-state index is 5.29. The Morgan fingerprint density at radius 2 is 2.12 bits per heavy atom. The Morgan fingerprint density at radius 1 is 1.32 bits per heavy atom. The van der Waals surface area contributed by atoms with E-state index in [1.54, 1.807) is 13.3 Å². The summed E-state index contributed by atoms with van der Waals surface area (Å²) in [5, 5.41) is 13.7. The molecule has 140 valence electrons. The normalized spacial score (nSPS) is 12.8. The zero-order valence-corrected chi connectivity index (χ0v) is 17.7. The lowest BCUT2D eigenvalue weighted by Gasteiger charge is -2.17. The van der Waals surface area contributed by atoms with Crippen molar-refractivity contribution >= 4 is 29.9 Å². The van der Waals surface area contributed by atoms with Gasteiger partial charge in [-0.15, -0.1) is 29.1 Å². The number of aliphatic imine (C=N–C) groups is 1. The van der Waals surface area contributed by atoms with Gasteiger partial charge in [0.05, 0.1) is 12.8 Å². The average molecular weight is 460 g/mol. The standard InChI is InChI=1S/C17H28N6O.HI/c1-12(2)7-5-8-13(3)20-17(18-4)19-11-15-21-16(23-22-15)14-9-6-10-24-14;/h6,9-10,12-13H,5,7-8,11H2,1-4H3,(H2,18,19,20)(H,21,22,23);1H. The second-order valence-corrected chi connectivity index (χ2v) is 6.38. The van der Waals surface area contributed by atoms with Crippen molar-refractivity contribution in [2.75, 3.05) is 7.05 Å². The summed E-state index contributed by atoms with van der Waals surface area (Å²) >= 11 is 0. The van der Waals surface area contributed by atoms with Crippen LogP contribution in [0.1, 0.15) is 45.9 Å². The van der Waals surface area contributed by atoms with Crippen LogP contribution < -0.4 is 10.6 Å². The van der Waals surface area contributed by atoms with Gasteiger partial charge in [-0.05, 0) is 31.4 Å². The number of nitrogens with zero attached hydrogens (tertiary/aromatic N) is 3. The molecular weight excluding hydrogens is 431 g/mol. The molecule has 8 heteroatoms. The van der Waals surface area contributed by atoms with E-state index in [0.29, 0.717) is 24.2 Å². The van der Waals surface area contributed by atoms with E-state index < -0.39 is 0 Å². The van der Waals surface area contributed by atoms with E-state index in [1.807, 2.05) is 12.1 Å². The van der Waals surface area contributed by atoms with Crippen molar-refractivity contribution < 1.29 is 4.42 Å². The predicted octanol–water partition coefficient (Wildman–Crippen LogP) is 3.56. The first-order valence-corrected chi connectivity index (χ1v) is 8.50. The molecule has 1 unspecified atom stereocenters. The highest BCUT2D eigenvalue weighted by Gasteiger charge is 2.10. The zero-order chi connectivity index (χ0) is 17.4. The van der Waals surface area contributed by atoms with Crippen LogP contribution in [0.15, 0.2) is 27.8 Å². The molecule has 0 aliphatic heterocycles. The minimum atomic E-state index is 0. The lowest BCUT2D eigenvalue weighted by Crippen LogP contribution is -2.42. The van der Waals surface area contributed by atoms with E-state index in [0.717, 1.165) is 24.1 Å². The molecule has 0 saturated carbocycles. The van der Waals surface area contributed by atoms with Gasteiger partial charge in [0, 0.05) is 13.1 Å². The third-order valence-electron chi connectivity index (χ3n) is 3.72. The largest absolute Gasteiger partial charge is 0.461 e. The molecule has 2 heterocycles. The first kappa shape index (κ1) is 21.5. The Balaban J connectivity index is 0.00000312. The van der Waals surface area contributed by atoms with E-state index in [1.165, 1.54) is 12.8 Å². The third kappa shape index (κ3) is 7.45. The van der Waals surface area contributed by atoms with E-state index in [4.69, 9.17) is 4.42 Å². The van der Waals surface area contributed by atoms with Gasteiger partial charge in [0.15, 0.2) is 11.7 Å². The predicted molar refractivity (Wildman–Crippen MR) is 111 cm³/mol. The van der Waals surface area contributed by atoms with E-state index >= 15 is 0 Å². The van der Waals surface area contributed by atoms with Crippen LogP contribution in [0.3, 0.4) is 0 Å². The molecule has 0 spiro atoms. The maximum absolute atomic E-state index is 5.29. The van der Waals surface area contributed by atoms with E-state index in [-0.39, 0.29) is 24.0 Å². The molecule has 2 aromatic heterocycles. The van der Waals surface area contributed by atoms with Crippen molar-refractivity contribution in [2.24, 2.45) is 10.9 Å². The second kappa shape index (κ2) is 11.1. The van der Waals surface area contributed by atoms with E-state index in [9.17, 15) is 0 Å². The van der Waals surface area contributed by atoms with Crippen LogP contribution in [-0.4, -0.2) is 34.2 Å². The fourth-order valence-corrected chi connectivity index (χ4v) is 2.39. The third-order valence-corrected chi connectivity index (χ3v) is 3.72. The number of H-pyrrole nitrogens is 1. The molecule has 3 N–H and O–H groups in total. The number of guanidine groups is 1. The monoisotopic (exact) mass is 460 g/mol. The average Bonchev–Trinajstić information content (AvgIpc) is 3.21. The number of rotatable bonds is 8. The molecule has 25 heavy (non-hydrogen) atoms. The number of nitrogens with one attached hydrogen (secondary N) is 3. The molecule has 0 aromatic carbocycles. The summed E-state index contributed by atoms with van der Waals surface area (Å²) in [7, 11) is 1.77. The van der Waals surface area contributed by atoms with Crippen LogP contribution in [0.4, 0.5) is 0 Å². The summed E-state index contributed by atoms with van der Waals surface area (Å²) in [6.45, 7) is 7.21. The van der Waals surface area contributed by atoms with Crippen LogP contribution in [-0.2, 0) is 6.54 Å². The van der Waals surface area contributed by atoms with Crippen molar-refractivity contribution in [3.8, 4) is 11.6 Å². The van der Waals surface area contributed by atoms with Gasteiger partial charge < -0.3 is 15.1 Å². The molecule has 0 fully saturated rings. The number of furan rings is 1. The maximum Gasteiger partial charge on any atom is 0.216 e. The van der Waals surface area contributed by atoms with Gasteiger partial charge >= 0.3 is 0 Å². The Labute approximate surface area is 166 Å². The van der Waals surface area contributed by atoms with Crippen LogP contribution in [0.25, 0.3) is 11.6 Å². The minimum Gasteiger partial charge on any atom is -0.461 e. The van der Waals surface area contributed by atoms with Crippen molar-refractivity contribution in [1.82, 2.24) is 25.8 Å². The van der Waals surface area contributed by atoms with Crippen LogP contribution in [0.5, 0.6) is 0 Å². The number of hydrogen-bond acceptors (Lipinski definition) is 4. The van der Waals surface area contributed by atoms with Crippen LogP contribution in [0.2, 0.25) is 0 Å². The molecule has 2 aromatic rings. The molecule has 0 aliphatic rings. The van der Waals surface area contributed by atoms with Gasteiger partial charge in [0.2, 0.25) is 5.82 Å². The first-order chi connectivity index (χ1) is 11.6. The van der Waals surface area contributed by atoms with E-state index in [2.05, 4.69) is 51.6 Å². The molecule has 0 bridgehead atoms. The lowest BCUT2D eigenvalue weighted by atomic mass is 10.0. The van der Waals surface area contributed by atoms with Gasteiger partial charge in [-0.2, -0.15) is 0 Å². The van der Waals surface area contributed by atoms with Crippen molar-refractivity contribution in [2.45, 2.75) is 52.6 Å². The molecule has 1 atom stereocenters.